The largest absolute Gasteiger partial charge is 0.462 e. The molecule has 2 N–H and O–H groups in total. The highest BCUT2D eigenvalue weighted by atomic mass is 32.1. The van der Waals surface area contributed by atoms with Gasteiger partial charge in [0.25, 0.3) is 0 Å². The fourth-order valence-electron chi connectivity index (χ4n) is 2.23. The first-order valence-corrected chi connectivity index (χ1v) is 7.54. The van der Waals surface area contributed by atoms with E-state index in [2.05, 4.69) is 9.47 Å². The molecule has 2 heterocycles. The van der Waals surface area contributed by atoms with Crippen molar-refractivity contribution in [2.75, 3.05) is 26.6 Å². The van der Waals surface area contributed by atoms with E-state index in [1.54, 1.807) is 6.92 Å². The van der Waals surface area contributed by atoms with Gasteiger partial charge in [-0.25, -0.2) is 24.4 Å². The van der Waals surface area contributed by atoms with E-state index in [1.165, 1.54) is 14.2 Å². The molecule has 1 aliphatic rings. The van der Waals surface area contributed by atoms with Crippen LogP contribution in [0.15, 0.2) is 0 Å². The van der Waals surface area contributed by atoms with Crippen molar-refractivity contribution in [2.24, 2.45) is 0 Å². The zero-order valence-electron chi connectivity index (χ0n) is 13.0. The molecule has 0 spiro atoms. The third-order valence-corrected chi connectivity index (χ3v) is 4.37. The lowest BCUT2D eigenvalue weighted by molar-refractivity contribution is -0.0288. The summed E-state index contributed by atoms with van der Waals surface area (Å²) in [4.78, 5) is 36.2. The van der Waals surface area contributed by atoms with E-state index >= 15 is 0 Å². The minimum Gasteiger partial charge on any atom is -0.462 e. The number of nitrogens with two attached hydrogens (primary N) is 1. The number of nitrogen functional groups attached to an aromatic ring is 1. The van der Waals surface area contributed by atoms with Crippen molar-refractivity contribution in [1.82, 2.24) is 10.0 Å². The molecule has 1 aromatic rings. The summed E-state index contributed by atoms with van der Waals surface area (Å²) in [6.45, 7) is 1.87. The number of amides is 2. The normalized spacial score (nSPS) is 13.3. The third-order valence-electron chi connectivity index (χ3n) is 3.29. The molecular formula is C13H17N3O6S. The zero-order valence-corrected chi connectivity index (χ0v) is 13.8. The maximum atomic E-state index is 12.0. The lowest BCUT2D eigenvalue weighted by Gasteiger charge is -2.36. The number of hydrogen-bond donors (Lipinski definition) is 1. The average Bonchev–Trinajstić information content (AvgIpc) is 2.88. The van der Waals surface area contributed by atoms with Gasteiger partial charge in [0, 0.05) is 11.1 Å². The maximum absolute atomic E-state index is 12.0. The van der Waals surface area contributed by atoms with Crippen LogP contribution in [0.4, 0.5) is 14.6 Å². The van der Waals surface area contributed by atoms with E-state index in [0.29, 0.717) is 21.0 Å². The Hall–Kier alpha value is -2.49. The van der Waals surface area contributed by atoms with Crippen molar-refractivity contribution in [1.29, 1.82) is 0 Å². The quantitative estimate of drug-likeness (QED) is 0.641. The van der Waals surface area contributed by atoms with E-state index in [0.717, 1.165) is 21.4 Å². The highest BCUT2D eigenvalue weighted by molar-refractivity contribution is 7.18. The highest BCUT2D eigenvalue weighted by Crippen LogP contribution is 2.37. The number of rotatable bonds is 2. The molecular weight excluding hydrogens is 326 g/mol. The van der Waals surface area contributed by atoms with Crippen molar-refractivity contribution < 1.29 is 28.6 Å². The highest BCUT2D eigenvalue weighted by Gasteiger charge is 2.37. The van der Waals surface area contributed by atoms with Crippen molar-refractivity contribution >= 4 is 34.5 Å². The Labute approximate surface area is 136 Å². The number of thiophene rings is 1. The molecule has 0 unspecified atom stereocenters. The van der Waals surface area contributed by atoms with Gasteiger partial charge in [0.15, 0.2) is 0 Å². The van der Waals surface area contributed by atoms with E-state index in [-0.39, 0.29) is 19.7 Å². The van der Waals surface area contributed by atoms with Crippen LogP contribution in [0.5, 0.6) is 0 Å². The van der Waals surface area contributed by atoms with Gasteiger partial charge in [-0.2, -0.15) is 0 Å². The minimum absolute atomic E-state index is 0.00115. The molecule has 2 rings (SSSR count). The molecule has 1 aromatic heterocycles. The molecule has 126 valence electrons. The van der Waals surface area contributed by atoms with Gasteiger partial charge in [0.05, 0.1) is 38.9 Å². The van der Waals surface area contributed by atoms with Crippen molar-refractivity contribution in [3.63, 3.8) is 0 Å². The molecule has 0 aliphatic carbocycles. The molecule has 0 saturated carbocycles. The summed E-state index contributed by atoms with van der Waals surface area (Å²) >= 11 is 1.07. The summed E-state index contributed by atoms with van der Waals surface area (Å²) in [7, 11) is 2.40. The molecule has 0 atom stereocenters. The Kier molecular flexibility index (Phi) is 4.94. The van der Waals surface area contributed by atoms with E-state index in [9.17, 15) is 14.4 Å². The van der Waals surface area contributed by atoms with E-state index < -0.39 is 18.2 Å². The number of esters is 1. The number of carbonyl (C=O) groups is 3. The van der Waals surface area contributed by atoms with Gasteiger partial charge >= 0.3 is 18.2 Å². The van der Waals surface area contributed by atoms with Crippen LogP contribution in [0.3, 0.4) is 0 Å². The first-order chi connectivity index (χ1) is 10.9. The minimum atomic E-state index is -0.749. The second kappa shape index (κ2) is 6.73. The van der Waals surface area contributed by atoms with Gasteiger partial charge in [-0.3, -0.25) is 0 Å². The molecule has 23 heavy (non-hydrogen) atoms. The fraction of sp³-hybridized carbons (Fsp3) is 0.462. The van der Waals surface area contributed by atoms with Gasteiger partial charge in [0.2, 0.25) is 0 Å². The Bertz CT molecular complexity index is 644. The molecule has 2 amide bonds. The predicted octanol–water partition coefficient (Wildman–Crippen LogP) is 1.57. The molecule has 0 aromatic carbocycles. The molecule has 9 nitrogen and oxygen atoms in total. The molecule has 0 radical (unpaired) electrons. The molecule has 10 heteroatoms. The Morgan fingerprint density at radius 1 is 1.09 bits per heavy atom. The number of carbonyl (C=O) groups excluding carboxylic acids is 3. The summed E-state index contributed by atoms with van der Waals surface area (Å²) in [5.74, 6) is -0.512. The van der Waals surface area contributed by atoms with Crippen molar-refractivity contribution in [3.8, 4) is 0 Å². The molecule has 1 aliphatic heterocycles. The van der Waals surface area contributed by atoms with Gasteiger partial charge in [0.1, 0.15) is 4.88 Å². The topological polar surface area (TPSA) is 111 Å². The number of anilines is 1. The number of methoxy groups -OCH3 is 2. The van der Waals surface area contributed by atoms with Crippen molar-refractivity contribution in [3.05, 3.63) is 16.0 Å². The first kappa shape index (κ1) is 16.9. The Morgan fingerprint density at radius 2 is 1.61 bits per heavy atom. The van der Waals surface area contributed by atoms with Gasteiger partial charge < -0.3 is 19.9 Å². The number of hydrogen-bond acceptors (Lipinski definition) is 8. The average molecular weight is 343 g/mol. The van der Waals surface area contributed by atoms with Crippen LogP contribution >= 0.6 is 11.3 Å². The summed E-state index contributed by atoms with van der Waals surface area (Å²) < 4.78 is 14.3. The standard InChI is InChI=1S/C13H17N3O6S/c1-4-22-11(17)9-7-5-15(12(18)20-2)16(13(19)21-3)6-8(7)10(14)23-9/h4-6,14H2,1-3H3. The maximum Gasteiger partial charge on any atom is 0.429 e. The number of nitrogens with zero attached hydrogens (tertiary/aromatic N) is 2. The SMILES string of the molecule is CCOC(=O)c1sc(N)c2c1CN(C(=O)OC)N(C(=O)OC)C2. The van der Waals surface area contributed by atoms with Crippen LogP contribution in [-0.4, -0.2) is 49.0 Å². The van der Waals surface area contributed by atoms with Gasteiger partial charge in [-0.1, -0.05) is 0 Å². The lowest BCUT2D eigenvalue weighted by Crippen LogP contribution is -2.51. The summed E-state index contributed by atoms with van der Waals surface area (Å²) in [6, 6.07) is 0. The summed E-state index contributed by atoms with van der Waals surface area (Å²) in [6.07, 6.45) is -1.48. The second-order valence-corrected chi connectivity index (χ2v) is 5.58. The summed E-state index contributed by atoms with van der Waals surface area (Å²) in [5, 5.41) is 2.52. The smallest absolute Gasteiger partial charge is 0.429 e. The van der Waals surface area contributed by atoms with Crippen LogP contribution < -0.4 is 5.73 Å². The Morgan fingerprint density at radius 3 is 2.09 bits per heavy atom. The number of hydrazine groups is 1. The van der Waals surface area contributed by atoms with Crippen molar-refractivity contribution in [2.45, 2.75) is 20.0 Å². The monoisotopic (exact) mass is 343 g/mol. The Balaban J connectivity index is 2.44. The second-order valence-electron chi connectivity index (χ2n) is 4.53. The van der Waals surface area contributed by atoms with E-state index in [4.69, 9.17) is 10.5 Å². The predicted molar refractivity (Wildman–Crippen MR) is 80.6 cm³/mol. The molecule has 0 saturated heterocycles. The van der Waals surface area contributed by atoms with E-state index in [1.807, 2.05) is 0 Å². The van der Waals surface area contributed by atoms with Crippen LogP contribution in [0.2, 0.25) is 0 Å². The van der Waals surface area contributed by atoms with Crippen LogP contribution in [0.25, 0.3) is 0 Å². The fourth-order valence-corrected chi connectivity index (χ4v) is 3.21. The van der Waals surface area contributed by atoms with Gasteiger partial charge in [-0.05, 0) is 6.92 Å². The zero-order chi connectivity index (χ0) is 17.1. The lowest BCUT2D eigenvalue weighted by atomic mass is 10.1. The number of fused-ring (bicyclic) bond motifs is 1. The van der Waals surface area contributed by atoms with Crippen LogP contribution in [0.1, 0.15) is 27.7 Å². The summed E-state index contributed by atoms with van der Waals surface area (Å²) in [5.41, 5.74) is 7.10. The molecule has 0 bridgehead atoms. The molecule has 0 fully saturated rings. The van der Waals surface area contributed by atoms with Crippen LogP contribution in [-0.2, 0) is 27.3 Å². The third kappa shape index (κ3) is 3.02. The van der Waals surface area contributed by atoms with Crippen LogP contribution in [0, 0.1) is 0 Å². The first-order valence-electron chi connectivity index (χ1n) is 6.72. The number of ether oxygens (including phenoxy) is 3. The van der Waals surface area contributed by atoms with Gasteiger partial charge in [-0.15, -0.1) is 11.3 Å².